The fourth-order valence-corrected chi connectivity index (χ4v) is 5.08. The standard InChI is InChI=1S/C25H21FN4O3S/c1-32-12-13-33-21-8-6-17(14-19(21)26)30-24(34)29(23(31)25(30)9-3-10-25)20-7-5-16(15-27)22-18(20)4-2-11-28-22/h2,4-8,11,14H,3,9-10,12-13H2,1H3. The van der Waals surface area contributed by atoms with Crippen molar-refractivity contribution in [2.45, 2.75) is 24.8 Å². The van der Waals surface area contributed by atoms with E-state index in [1.165, 1.54) is 11.0 Å². The second-order valence-electron chi connectivity index (χ2n) is 8.24. The van der Waals surface area contributed by atoms with Gasteiger partial charge in [0.1, 0.15) is 18.2 Å². The summed E-state index contributed by atoms with van der Waals surface area (Å²) in [5.41, 5.74) is 1.12. The minimum atomic E-state index is -0.857. The van der Waals surface area contributed by atoms with Crippen molar-refractivity contribution in [2.75, 3.05) is 30.1 Å². The first-order valence-electron chi connectivity index (χ1n) is 10.9. The van der Waals surface area contributed by atoms with Crippen LogP contribution in [-0.2, 0) is 9.53 Å². The van der Waals surface area contributed by atoms with E-state index in [4.69, 9.17) is 21.7 Å². The number of anilines is 2. The highest BCUT2D eigenvalue weighted by Gasteiger charge is 2.59. The van der Waals surface area contributed by atoms with Crippen LogP contribution >= 0.6 is 12.2 Å². The lowest BCUT2D eigenvalue weighted by Gasteiger charge is -2.43. The number of methoxy groups -OCH3 is 1. The molecule has 0 atom stereocenters. The number of thiocarbonyl (C=S) groups is 1. The molecule has 172 valence electrons. The molecule has 2 heterocycles. The van der Waals surface area contributed by atoms with Crippen LogP contribution in [0.4, 0.5) is 15.8 Å². The van der Waals surface area contributed by atoms with Gasteiger partial charge in [0.25, 0.3) is 5.91 Å². The summed E-state index contributed by atoms with van der Waals surface area (Å²) < 4.78 is 25.2. The number of rotatable bonds is 6. The molecule has 1 aliphatic carbocycles. The zero-order valence-corrected chi connectivity index (χ0v) is 19.3. The molecular formula is C25H21FN4O3S. The van der Waals surface area contributed by atoms with E-state index < -0.39 is 11.4 Å². The molecule has 1 saturated carbocycles. The lowest BCUT2D eigenvalue weighted by Crippen LogP contribution is -2.55. The van der Waals surface area contributed by atoms with Crippen LogP contribution in [0, 0.1) is 17.1 Å². The third-order valence-electron chi connectivity index (χ3n) is 6.42. The van der Waals surface area contributed by atoms with E-state index in [0.29, 0.717) is 47.3 Å². The van der Waals surface area contributed by atoms with E-state index >= 15 is 0 Å². The Bertz CT molecular complexity index is 1350. The Morgan fingerprint density at radius 3 is 2.74 bits per heavy atom. The fraction of sp³-hybridized carbons (Fsp3) is 0.280. The summed E-state index contributed by atoms with van der Waals surface area (Å²) in [4.78, 5) is 21.4. The molecule has 7 nitrogen and oxygen atoms in total. The summed E-state index contributed by atoms with van der Waals surface area (Å²) in [6, 6.07) is 13.7. The van der Waals surface area contributed by atoms with Crippen LogP contribution in [0.25, 0.3) is 10.9 Å². The lowest BCUT2D eigenvalue weighted by molar-refractivity contribution is -0.123. The minimum Gasteiger partial charge on any atom is -0.488 e. The molecule has 3 aromatic rings. The van der Waals surface area contributed by atoms with Gasteiger partial charge in [0.2, 0.25) is 0 Å². The van der Waals surface area contributed by atoms with E-state index in [9.17, 15) is 14.4 Å². The monoisotopic (exact) mass is 476 g/mol. The molecule has 1 amide bonds. The van der Waals surface area contributed by atoms with Crippen molar-refractivity contribution >= 4 is 45.5 Å². The molecule has 2 aromatic carbocycles. The second kappa shape index (κ2) is 8.63. The van der Waals surface area contributed by atoms with Gasteiger partial charge in [-0.25, -0.2) is 4.39 Å². The van der Waals surface area contributed by atoms with Crippen LogP contribution < -0.4 is 14.5 Å². The quantitative estimate of drug-likeness (QED) is 0.387. The van der Waals surface area contributed by atoms with Gasteiger partial charge < -0.3 is 14.4 Å². The summed E-state index contributed by atoms with van der Waals surface area (Å²) in [5.74, 6) is -0.579. The number of carbonyl (C=O) groups is 1. The van der Waals surface area contributed by atoms with Crippen LogP contribution in [0.1, 0.15) is 24.8 Å². The molecule has 0 radical (unpaired) electrons. The summed E-state index contributed by atoms with van der Waals surface area (Å²) >= 11 is 5.81. The third-order valence-corrected chi connectivity index (χ3v) is 6.78. The summed E-state index contributed by atoms with van der Waals surface area (Å²) in [5, 5.41) is 10.4. The Morgan fingerprint density at radius 1 is 1.24 bits per heavy atom. The van der Waals surface area contributed by atoms with Gasteiger partial charge in [-0.05, 0) is 67.9 Å². The van der Waals surface area contributed by atoms with Crippen molar-refractivity contribution in [1.82, 2.24) is 4.98 Å². The van der Waals surface area contributed by atoms with E-state index in [1.54, 1.807) is 48.5 Å². The number of benzene rings is 2. The number of nitrogens with zero attached hydrogens (tertiary/aromatic N) is 4. The van der Waals surface area contributed by atoms with Crippen LogP contribution in [0.15, 0.2) is 48.7 Å². The van der Waals surface area contributed by atoms with Crippen LogP contribution in [-0.4, -0.2) is 41.9 Å². The van der Waals surface area contributed by atoms with Crippen LogP contribution in [0.5, 0.6) is 5.75 Å². The Balaban J connectivity index is 1.57. The predicted octanol–water partition coefficient (Wildman–Crippen LogP) is 4.33. The molecule has 2 fully saturated rings. The molecule has 1 aromatic heterocycles. The van der Waals surface area contributed by atoms with Gasteiger partial charge in [-0.3, -0.25) is 14.7 Å². The molecule has 5 rings (SSSR count). The Labute approximate surface area is 201 Å². The zero-order valence-electron chi connectivity index (χ0n) is 18.5. The van der Waals surface area contributed by atoms with Gasteiger partial charge in [0.15, 0.2) is 16.7 Å². The average Bonchev–Trinajstić information content (AvgIpc) is 3.06. The summed E-state index contributed by atoms with van der Waals surface area (Å²) in [7, 11) is 1.55. The normalized spacial score (nSPS) is 16.7. The van der Waals surface area contributed by atoms with E-state index in [2.05, 4.69) is 11.1 Å². The summed E-state index contributed by atoms with van der Waals surface area (Å²) in [6.07, 6.45) is 3.70. The lowest BCUT2D eigenvalue weighted by atomic mass is 9.75. The number of hydrogen-bond donors (Lipinski definition) is 0. The van der Waals surface area contributed by atoms with E-state index in [-0.39, 0.29) is 23.4 Å². The van der Waals surface area contributed by atoms with Crippen molar-refractivity contribution in [3.05, 3.63) is 60.0 Å². The number of nitriles is 1. The number of carbonyl (C=O) groups excluding carboxylic acids is 1. The molecule has 34 heavy (non-hydrogen) atoms. The Kier molecular flexibility index (Phi) is 5.63. The number of hydrogen-bond acceptors (Lipinski definition) is 6. The van der Waals surface area contributed by atoms with Crippen molar-refractivity contribution < 1.29 is 18.7 Å². The first-order valence-corrected chi connectivity index (χ1v) is 11.3. The average molecular weight is 477 g/mol. The Hall–Kier alpha value is -3.61. The molecule has 9 heteroatoms. The van der Waals surface area contributed by atoms with Crippen LogP contribution in [0.3, 0.4) is 0 Å². The van der Waals surface area contributed by atoms with Crippen LogP contribution in [0.2, 0.25) is 0 Å². The highest BCUT2D eigenvalue weighted by Crippen LogP contribution is 2.49. The van der Waals surface area contributed by atoms with Gasteiger partial charge in [-0.1, -0.05) is 0 Å². The maximum atomic E-state index is 14.9. The maximum absolute atomic E-state index is 14.9. The van der Waals surface area contributed by atoms with Gasteiger partial charge in [0.05, 0.1) is 23.4 Å². The molecular weight excluding hydrogens is 455 g/mol. The predicted molar refractivity (Wildman–Crippen MR) is 129 cm³/mol. The molecule has 1 aliphatic heterocycles. The van der Waals surface area contributed by atoms with Crippen molar-refractivity contribution in [2.24, 2.45) is 0 Å². The molecule has 0 bridgehead atoms. The van der Waals surface area contributed by atoms with Gasteiger partial charge in [-0.15, -0.1) is 0 Å². The summed E-state index contributed by atoms with van der Waals surface area (Å²) in [6.45, 7) is 0.572. The molecule has 1 saturated heterocycles. The number of pyridine rings is 1. The highest BCUT2D eigenvalue weighted by molar-refractivity contribution is 7.81. The fourth-order valence-electron chi connectivity index (χ4n) is 4.62. The SMILES string of the molecule is COCCOc1ccc(N2C(=S)N(c3ccc(C#N)c4ncccc34)C(=O)C23CCC3)cc1F. The molecule has 1 spiro atoms. The molecule has 2 aliphatic rings. The number of halogens is 1. The van der Waals surface area contributed by atoms with Gasteiger partial charge >= 0.3 is 0 Å². The van der Waals surface area contributed by atoms with Crippen molar-refractivity contribution in [3.8, 4) is 11.8 Å². The number of ether oxygens (including phenoxy) is 2. The van der Waals surface area contributed by atoms with Gasteiger partial charge in [-0.2, -0.15) is 5.26 Å². The van der Waals surface area contributed by atoms with Crippen molar-refractivity contribution in [3.63, 3.8) is 0 Å². The number of aromatic nitrogens is 1. The largest absolute Gasteiger partial charge is 0.488 e. The highest BCUT2D eigenvalue weighted by atomic mass is 32.1. The topological polar surface area (TPSA) is 78.7 Å². The van der Waals surface area contributed by atoms with E-state index in [1.807, 2.05) is 6.07 Å². The number of amides is 1. The first-order chi connectivity index (χ1) is 16.5. The smallest absolute Gasteiger partial charge is 0.259 e. The molecule has 0 N–H and O–H groups in total. The number of fused-ring (bicyclic) bond motifs is 1. The van der Waals surface area contributed by atoms with Crippen molar-refractivity contribution in [1.29, 1.82) is 5.26 Å². The first kappa shape index (κ1) is 22.2. The molecule has 0 unspecified atom stereocenters. The second-order valence-corrected chi connectivity index (χ2v) is 8.61. The Morgan fingerprint density at radius 2 is 2.06 bits per heavy atom. The zero-order chi connectivity index (χ0) is 23.9. The van der Waals surface area contributed by atoms with E-state index in [0.717, 1.165) is 6.42 Å². The van der Waals surface area contributed by atoms with Gasteiger partial charge in [0, 0.05) is 30.4 Å². The maximum Gasteiger partial charge on any atom is 0.259 e. The third kappa shape index (κ3) is 3.30. The minimum absolute atomic E-state index is 0.112.